The molecule has 2 saturated heterocycles. The number of piperazine rings is 1. The first-order valence-electron chi connectivity index (χ1n) is 22.4. The summed E-state index contributed by atoms with van der Waals surface area (Å²) in [6, 6.07) is 7.23. The summed E-state index contributed by atoms with van der Waals surface area (Å²) in [5, 5.41) is 12.0. The first kappa shape index (κ1) is 47.2. The largest absolute Gasteiger partial charge is 0.490 e. The summed E-state index contributed by atoms with van der Waals surface area (Å²) in [5.41, 5.74) is 4.14. The van der Waals surface area contributed by atoms with E-state index in [0.29, 0.717) is 87.3 Å². The van der Waals surface area contributed by atoms with Crippen molar-refractivity contribution in [3.05, 3.63) is 78.8 Å². The Kier molecular flexibility index (Phi) is 15.1. The second-order valence-electron chi connectivity index (χ2n) is 17.3. The monoisotopic (exact) mass is 1030 g/mol. The average molecular weight is 1030 g/mol. The minimum Gasteiger partial charge on any atom is -0.490 e. The van der Waals surface area contributed by atoms with E-state index in [2.05, 4.69) is 47.7 Å². The lowest BCUT2D eigenvalue weighted by atomic mass is 9.86. The topological polar surface area (TPSA) is 160 Å². The molecule has 1 N–H and O–H groups in total. The van der Waals surface area contributed by atoms with Gasteiger partial charge in [0.15, 0.2) is 5.75 Å². The molecule has 1 saturated carbocycles. The van der Waals surface area contributed by atoms with E-state index in [1.165, 1.54) is 17.7 Å². The van der Waals surface area contributed by atoms with E-state index >= 15 is 0 Å². The quantitative estimate of drug-likeness (QED) is 0.142. The second kappa shape index (κ2) is 21.2. The molecule has 0 unspecified atom stereocenters. The third-order valence-electron chi connectivity index (χ3n) is 12.8. The zero-order chi connectivity index (χ0) is 45.9. The number of aromatic nitrogens is 4. The number of benzene rings is 2. The fraction of sp³-hybridized carbons (Fsp3) is 0.511. The van der Waals surface area contributed by atoms with Gasteiger partial charge >= 0.3 is 5.97 Å². The van der Waals surface area contributed by atoms with Crippen LogP contribution >= 0.6 is 50.5 Å². The van der Waals surface area contributed by atoms with Crippen LogP contribution in [0.1, 0.15) is 59.8 Å². The summed E-state index contributed by atoms with van der Waals surface area (Å²) in [4.78, 5) is 37.1. The van der Waals surface area contributed by atoms with E-state index in [-0.39, 0.29) is 43.6 Å². The maximum Gasteiger partial charge on any atom is 0.345 e. The minimum absolute atomic E-state index is 0.0132. The van der Waals surface area contributed by atoms with Gasteiger partial charge in [-0.2, -0.15) is 0 Å². The molecular formula is C47H53BrCl2N6O9S. The highest BCUT2D eigenvalue weighted by Crippen LogP contribution is 2.52. The van der Waals surface area contributed by atoms with Crippen LogP contribution in [0.25, 0.3) is 21.3 Å². The fourth-order valence-electron chi connectivity index (χ4n) is 9.07. The number of carbonyl (C=O) groups is 1. The summed E-state index contributed by atoms with van der Waals surface area (Å²) in [6.07, 6.45) is 4.98. The van der Waals surface area contributed by atoms with Gasteiger partial charge < -0.3 is 43.2 Å². The Morgan fingerprint density at radius 2 is 1.74 bits per heavy atom. The number of halogens is 3. The molecule has 352 valence electrons. The number of ether oxygens (including phenoxy) is 7. The first-order valence-corrected chi connectivity index (χ1v) is 24.7. The molecule has 0 spiro atoms. The van der Waals surface area contributed by atoms with Crippen molar-refractivity contribution in [2.45, 2.75) is 82.9 Å². The lowest BCUT2D eigenvalue weighted by Gasteiger charge is -2.35. The van der Waals surface area contributed by atoms with Gasteiger partial charge in [0.1, 0.15) is 53.9 Å². The van der Waals surface area contributed by atoms with Crippen molar-refractivity contribution in [3.63, 3.8) is 0 Å². The third kappa shape index (κ3) is 10.7. The SMILES string of the molecule is Cc1c(Cl)c2c(Cl)c(C)c1-c1c(Br)sc3ncnc(c13)O[C@@H](C(=O)O)Cc1cc(ccc1OCc1ccnc(C3CCC(OC[C@H]4COCCO4)CC3)n1)OC[C@@H](CN1CCN(C)CC1)O2. The first-order chi connectivity index (χ1) is 32.0. The lowest BCUT2D eigenvalue weighted by Crippen LogP contribution is -2.49. The van der Waals surface area contributed by atoms with Gasteiger partial charge in [0, 0.05) is 62.4 Å². The van der Waals surface area contributed by atoms with Gasteiger partial charge in [0.05, 0.1) is 57.4 Å². The highest BCUT2D eigenvalue weighted by atomic mass is 79.9. The summed E-state index contributed by atoms with van der Waals surface area (Å²) in [7, 11) is 2.12. The Balaban J connectivity index is 1.00. The zero-order valence-electron chi connectivity index (χ0n) is 37.1. The number of hydrogen-bond donors (Lipinski definition) is 1. The highest BCUT2D eigenvalue weighted by Gasteiger charge is 2.32. The number of likely N-dealkylation sites (N-methyl/N-ethyl adjacent to an activating group) is 1. The molecule has 4 bridgehead atoms. The van der Waals surface area contributed by atoms with E-state index in [0.717, 1.165) is 78.2 Å². The van der Waals surface area contributed by atoms with Gasteiger partial charge in [-0.05, 0) is 103 Å². The van der Waals surface area contributed by atoms with Gasteiger partial charge in [-0.15, -0.1) is 11.3 Å². The molecule has 3 aromatic heterocycles. The Morgan fingerprint density at radius 1 is 0.955 bits per heavy atom. The van der Waals surface area contributed by atoms with Crippen LogP contribution in [-0.4, -0.2) is 138 Å². The molecule has 7 heterocycles. The third-order valence-corrected chi connectivity index (χ3v) is 15.4. The van der Waals surface area contributed by atoms with E-state index in [1.807, 2.05) is 26.0 Å². The number of hydrogen-bond acceptors (Lipinski definition) is 15. The molecule has 2 aromatic carbocycles. The highest BCUT2D eigenvalue weighted by molar-refractivity contribution is 9.11. The molecule has 66 heavy (non-hydrogen) atoms. The van der Waals surface area contributed by atoms with E-state index < -0.39 is 18.2 Å². The zero-order valence-corrected chi connectivity index (χ0v) is 41.0. The van der Waals surface area contributed by atoms with Crippen LogP contribution in [0.2, 0.25) is 10.0 Å². The standard InChI is InChI=1S/C47H53BrCl2N6O9S/c1-26-37-27(2)41(50)42(40(26)49)64-33(20-56-14-12-55(3)13-15-56)23-62-32-8-9-35(29(18-32)19-36(47(57)58)65-45-39-38(37)43(48)66-46(39)53-25-52-45)63-21-30-10-11-51-44(54-30)28-4-6-31(7-5-28)61-24-34-22-59-16-17-60-34/h8-11,18,25,28,31,33-34,36H,4-7,12-17,19-24H2,1-3H3,(H,57,58)/t28?,31?,33-,34-,36-/m1/s1. The van der Waals surface area contributed by atoms with Crippen LogP contribution in [-0.2, 0) is 32.0 Å². The molecule has 5 aromatic rings. The summed E-state index contributed by atoms with van der Waals surface area (Å²) >= 11 is 19.6. The van der Waals surface area contributed by atoms with E-state index in [1.54, 1.807) is 18.3 Å². The van der Waals surface area contributed by atoms with Crippen molar-refractivity contribution in [3.8, 4) is 34.3 Å². The van der Waals surface area contributed by atoms with E-state index in [4.69, 9.17) is 61.3 Å². The molecule has 0 amide bonds. The second-order valence-corrected chi connectivity index (χ2v) is 20.4. The van der Waals surface area contributed by atoms with Crippen LogP contribution in [0.5, 0.6) is 23.1 Å². The number of rotatable bonds is 10. The normalized spacial score (nSPS) is 23.2. The van der Waals surface area contributed by atoms with Gasteiger partial charge in [-0.3, -0.25) is 4.90 Å². The molecule has 10 rings (SSSR count). The van der Waals surface area contributed by atoms with Crippen molar-refractivity contribution in [1.82, 2.24) is 29.7 Å². The maximum atomic E-state index is 13.2. The molecule has 4 aliphatic heterocycles. The Labute approximate surface area is 406 Å². The molecule has 0 radical (unpaired) electrons. The Hall–Kier alpha value is -3.91. The van der Waals surface area contributed by atoms with Crippen molar-refractivity contribution in [2.75, 3.05) is 72.8 Å². The van der Waals surface area contributed by atoms with Crippen molar-refractivity contribution < 1.29 is 43.1 Å². The molecule has 15 nitrogen and oxygen atoms in total. The molecule has 3 atom stereocenters. The molecule has 3 fully saturated rings. The van der Waals surface area contributed by atoms with Crippen LogP contribution < -0.4 is 18.9 Å². The number of aliphatic carboxylic acids is 1. The van der Waals surface area contributed by atoms with Crippen molar-refractivity contribution >= 4 is 66.7 Å². The Morgan fingerprint density at radius 3 is 2.48 bits per heavy atom. The van der Waals surface area contributed by atoms with Gasteiger partial charge in [0.25, 0.3) is 0 Å². The van der Waals surface area contributed by atoms with Gasteiger partial charge in [-0.1, -0.05) is 23.2 Å². The van der Waals surface area contributed by atoms with E-state index in [9.17, 15) is 9.90 Å². The summed E-state index contributed by atoms with van der Waals surface area (Å²) in [6.45, 7) is 10.6. The number of thiophene rings is 1. The lowest BCUT2D eigenvalue weighted by molar-refractivity contribution is -0.145. The Bertz CT molecular complexity index is 2500. The van der Waals surface area contributed by atoms with Crippen LogP contribution in [0.3, 0.4) is 0 Å². The fourth-order valence-corrected chi connectivity index (χ4v) is 11.3. The maximum absolute atomic E-state index is 13.2. The minimum atomic E-state index is -1.39. The molecule has 5 aliphatic rings. The van der Waals surface area contributed by atoms with Crippen LogP contribution in [0, 0.1) is 13.8 Å². The van der Waals surface area contributed by atoms with Gasteiger partial charge in [0.2, 0.25) is 12.0 Å². The number of nitrogens with zero attached hydrogens (tertiary/aromatic N) is 6. The predicted octanol–water partition coefficient (Wildman–Crippen LogP) is 8.33. The van der Waals surface area contributed by atoms with Crippen LogP contribution in [0.15, 0.2) is 40.6 Å². The summed E-state index contributed by atoms with van der Waals surface area (Å²) in [5.74, 6) is 1.21. The van der Waals surface area contributed by atoms with Crippen molar-refractivity contribution in [2.24, 2.45) is 0 Å². The number of carboxylic acids is 1. The molecular weight excluding hydrogens is 975 g/mol. The average Bonchev–Trinajstić information content (AvgIpc) is 3.67. The molecule has 1 aliphatic carbocycles. The van der Waals surface area contributed by atoms with Crippen molar-refractivity contribution in [1.29, 1.82) is 0 Å². The number of carboxylic acid groups (broad SMARTS) is 1. The van der Waals surface area contributed by atoms with Gasteiger partial charge in [-0.25, -0.2) is 24.7 Å². The predicted molar refractivity (Wildman–Crippen MR) is 254 cm³/mol. The summed E-state index contributed by atoms with van der Waals surface area (Å²) < 4.78 is 44.4. The van der Waals surface area contributed by atoms with Crippen LogP contribution in [0.4, 0.5) is 0 Å². The molecule has 19 heteroatoms. The smallest absolute Gasteiger partial charge is 0.345 e. The number of fused-ring (bicyclic) bond motifs is 7.